The van der Waals surface area contributed by atoms with Crippen molar-refractivity contribution in [2.75, 3.05) is 0 Å². The maximum atomic E-state index is 5.95. The van der Waals surface area contributed by atoms with E-state index in [0.29, 0.717) is 11.6 Å². The van der Waals surface area contributed by atoms with Gasteiger partial charge in [-0.05, 0) is 43.2 Å². The third-order valence-electron chi connectivity index (χ3n) is 3.76. The zero-order valence-corrected chi connectivity index (χ0v) is 14.5. The molecule has 0 radical (unpaired) electrons. The molecule has 0 aliphatic rings. The Labute approximate surface area is 147 Å². The number of aromatic amines is 1. The number of rotatable bonds is 4. The van der Waals surface area contributed by atoms with E-state index in [4.69, 9.17) is 16.3 Å². The van der Waals surface area contributed by atoms with Crippen molar-refractivity contribution in [3.63, 3.8) is 0 Å². The molecule has 0 unspecified atom stereocenters. The van der Waals surface area contributed by atoms with E-state index in [1.165, 1.54) is 5.56 Å². The van der Waals surface area contributed by atoms with Crippen LogP contribution in [0.15, 0.2) is 48.8 Å². The van der Waals surface area contributed by atoms with Crippen LogP contribution in [0, 0.1) is 13.8 Å². The summed E-state index contributed by atoms with van der Waals surface area (Å²) in [6.07, 6.45) is 1.69. The van der Waals surface area contributed by atoms with Crippen molar-refractivity contribution < 1.29 is 4.74 Å². The lowest BCUT2D eigenvalue weighted by molar-refractivity contribution is 0.300. The summed E-state index contributed by atoms with van der Waals surface area (Å²) in [6.45, 7) is 4.59. The molecule has 23 heavy (non-hydrogen) atoms. The van der Waals surface area contributed by atoms with Gasteiger partial charge in [0.25, 0.3) is 0 Å². The molecule has 120 valence electrons. The number of nitrogens with zero attached hydrogens (tertiary/aromatic N) is 1. The summed E-state index contributed by atoms with van der Waals surface area (Å²) in [7, 11) is 0. The number of nitrogens with one attached hydrogen (secondary N) is 1. The van der Waals surface area contributed by atoms with Crippen LogP contribution in [0.5, 0.6) is 5.75 Å². The van der Waals surface area contributed by atoms with E-state index in [9.17, 15) is 0 Å². The maximum Gasteiger partial charge on any atom is 0.130 e. The van der Waals surface area contributed by atoms with Crippen molar-refractivity contribution in [3.05, 3.63) is 70.6 Å². The van der Waals surface area contributed by atoms with Crippen molar-refractivity contribution in [1.29, 1.82) is 0 Å². The molecule has 3 aromatic rings. The predicted molar refractivity (Wildman–Crippen MR) is 96.5 cm³/mol. The van der Waals surface area contributed by atoms with Gasteiger partial charge in [0.15, 0.2) is 0 Å². The first-order chi connectivity index (χ1) is 10.6. The number of hydrogen-bond donors (Lipinski definition) is 1. The Bertz CT molecular complexity index is 782. The van der Waals surface area contributed by atoms with Gasteiger partial charge in [-0.2, -0.15) is 0 Å². The van der Waals surface area contributed by atoms with Crippen LogP contribution in [-0.4, -0.2) is 9.97 Å². The molecule has 0 spiro atoms. The molecule has 1 heterocycles. The Morgan fingerprint density at radius 3 is 2.57 bits per heavy atom. The molecule has 0 saturated heterocycles. The first kappa shape index (κ1) is 17.4. The fraction of sp³-hybridized carbons (Fsp3) is 0.167. The summed E-state index contributed by atoms with van der Waals surface area (Å²) in [6, 6.07) is 13.7. The van der Waals surface area contributed by atoms with Crippen LogP contribution in [0.1, 0.15) is 16.8 Å². The molecule has 0 saturated carbocycles. The molecule has 5 heteroatoms. The highest BCUT2D eigenvalue weighted by molar-refractivity contribution is 6.30. The number of aryl methyl sites for hydroxylation is 1. The van der Waals surface area contributed by atoms with Gasteiger partial charge >= 0.3 is 0 Å². The second-order valence-corrected chi connectivity index (χ2v) is 5.66. The Balaban J connectivity index is 0.00000192. The third-order valence-corrected chi connectivity index (χ3v) is 4.01. The topological polar surface area (TPSA) is 37.9 Å². The lowest BCUT2D eigenvalue weighted by atomic mass is 10.1. The third kappa shape index (κ3) is 3.87. The van der Waals surface area contributed by atoms with E-state index in [2.05, 4.69) is 29.9 Å². The number of halogens is 2. The number of aromatic nitrogens is 2. The number of benzene rings is 2. The minimum Gasteiger partial charge on any atom is -0.487 e. The highest BCUT2D eigenvalue weighted by Gasteiger charge is 2.10. The van der Waals surface area contributed by atoms with Crippen LogP contribution in [0.25, 0.3) is 11.3 Å². The molecule has 2 aromatic carbocycles. The Hall–Kier alpha value is -1.97. The molecule has 0 amide bonds. The van der Waals surface area contributed by atoms with Crippen molar-refractivity contribution in [3.8, 4) is 17.0 Å². The van der Waals surface area contributed by atoms with E-state index < -0.39 is 0 Å². The number of imidazole rings is 1. The first-order valence-corrected chi connectivity index (χ1v) is 7.50. The van der Waals surface area contributed by atoms with E-state index in [-0.39, 0.29) is 12.4 Å². The van der Waals surface area contributed by atoms with Gasteiger partial charge in [0, 0.05) is 10.6 Å². The van der Waals surface area contributed by atoms with Gasteiger partial charge in [-0.15, -0.1) is 12.4 Å². The molecule has 0 aliphatic heterocycles. The fourth-order valence-corrected chi connectivity index (χ4v) is 2.44. The van der Waals surface area contributed by atoms with Gasteiger partial charge < -0.3 is 9.72 Å². The second-order valence-electron chi connectivity index (χ2n) is 5.22. The number of ether oxygens (including phenoxy) is 1. The van der Waals surface area contributed by atoms with Crippen LogP contribution in [0.2, 0.25) is 5.02 Å². The van der Waals surface area contributed by atoms with Crippen LogP contribution in [-0.2, 0) is 6.61 Å². The molecule has 0 fully saturated rings. The summed E-state index contributed by atoms with van der Waals surface area (Å²) in [5.41, 5.74) is 5.24. The minimum atomic E-state index is 0. The summed E-state index contributed by atoms with van der Waals surface area (Å²) in [5, 5.41) is 0.715. The molecular weight excluding hydrogens is 331 g/mol. The monoisotopic (exact) mass is 348 g/mol. The van der Waals surface area contributed by atoms with Crippen molar-refractivity contribution in [2.45, 2.75) is 20.5 Å². The molecule has 3 nitrogen and oxygen atoms in total. The van der Waals surface area contributed by atoms with E-state index in [1.54, 1.807) is 6.33 Å². The zero-order valence-electron chi connectivity index (χ0n) is 13.0. The van der Waals surface area contributed by atoms with Gasteiger partial charge in [0.05, 0.1) is 17.7 Å². The largest absolute Gasteiger partial charge is 0.487 e. The van der Waals surface area contributed by atoms with Crippen molar-refractivity contribution in [2.24, 2.45) is 0 Å². The quantitative estimate of drug-likeness (QED) is 0.690. The fourth-order valence-electron chi connectivity index (χ4n) is 2.32. The molecular formula is C18H18Cl2N2O. The number of hydrogen-bond acceptors (Lipinski definition) is 2. The van der Waals surface area contributed by atoms with Crippen LogP contribution >= 0.6 is 24.0 Å². The van der Waals surface area contributed by atoms with Gasteiger partial charge in [0.2, 0.25) is 0 Å². The second kappa shape index (κ2) is 7.53. The maximum absolute atomic E-state index is 5.95. The Morgan fingerprint density at radius 2 is 1.83 bits per heavy atom. The average molecular weight is 349 g/mol. The molecule has 0 atom stereocenters. The molecule has 0 aliphatic carbocycles. The predicted octanol–water partition coefficient (Wildman–Crippen LogP) is 5.35. The van der Waals surface area contributed by atoms with E-state index >= 15 is 0 Å². The van der Waals surface area contributed by atoms with E-state index in [0.717, 1.165) is 28.3 Å². The highest BCUT2D eigenvalue weighted by Crippen LogP contribution is 2.25. The minimum absolute atomic E-state index is 0. The van der Waals surface area contributed by atoms with Gasteiger partial charge in [-0.3, -0.25) is 0 Å². The van der Waals surface area contributed by atoms with Gasteiger partial charge in [0.1, 0.15) is 12.4 Å². The van der Waals surface area contributed by atoms with Gasteiger partial charge in [-0.1, -0.05) is 35.9 Å². The lowest BCUT2D eigenvalue weighted by Crippen LogP contribution is -2.00. The smallest absolute Gasteiger partial charge is 0.130 e. The van der Waals surface area contributed by atoms with Crippen LogP contribution in [0.4, 0.5) is 0 Å². The summed E-state index contributed by atoms with van der Waals surface area (Å²) < 4.78 is 5.95. The molecule has 1 N–H and O–H groups in total. The Morgan fingerprint density at radius 1 is 1.09 bits per heavy atom. The SMILES string of the molecule is Cc1cccc(OCc2[nH]cnc2-c2ccc(Cl)cc2)c1C.Cl. The zero-order chi connectivity index (χ0) is 15.5. The summed E-state index contributed by atoms with van der Waals surface area (Å²) >= 11 is 5.93. The standard InChI is InChI=1S/C18H17ClN2O.ClH/c1-12-4-3-5-17(13(12)2)22-10-16-18(21-11-20-16)14-6-8-15(19)9-7-14;/h3-9,11H,10H2,1-2H3,(H,20,21);1H. The molecule has 0 bridgehead atoms. The lowest BCUT2D eigenvalue weighted by Gasteiger charge is -2.11. The molecule has 3 rings (SSSR count). The summed E-state index contributed by atoms with van der Waals surface area (Å²) in [5.74, 6) is 0.900. The first-order valence-electron chi connectivity index (χ1n) is 7.12. The van der Waals surface area contributed by atoms with Crippen molar-refractivity contribution >= 4 is 24.0 Å². The normalized spacial score (nSPS) is 10.2. The van der Waals surface area contributed by atoms with Crippen LogP contribution in [0.3, 0.4) is 0 Å². The van der Waals surface area contributed by atoms with E-state index in [1.807, 2.05) is 36.4 Å². The highest BCUT2D eigenvalue weighted by atomic mass is 35.5. The van der Waals surface area contributed by atoms with Crippen LogP contribution < -0.4 is 4.74 Å². The summed E-state index contributed by atoms with van der Waals surface area (Å²) in [4.78, 5) is 7.54. The number of H-pyrrole nitrogens is 1. The van der Waals surface area contributed by atoms with Crippen molar-refractivity contribution in [1.82, 2.24) is 9.97 Å². The van der Waals surface area contributed by atoms with Gasteiger partial charge in [-0.25, -0.2) is 4.98 Å². The average Bonchev–Trinajstić information content (AvgIpc) is 2.98. The molecule has 1 aromatic heterocycles. The Kier molecular flexibility index (Phi) is 5.69.